The van der Waals surface area contributed by atoms with Crippen molar-refractivity contribution in [3.05, 3.63) is 42.5 Å². The van der Waals surface area contributed by atoms with E-state index in [1.165, 1.54) is 23.1 Å². The molecule has 5 rings (SSSR count). The molecule has 1 N–H and O–H groups in total. The number of alkyl halides is 4. The Bertz CT molecular complexity index is 1250. The molecule has 0 amide bonds. The van der Waals surface area contributed by atoms with Crippen LogP contribution in [0, 0.1) is 0 Å². The van der Waals surface area contributed by atoms with Crippen LogP contribution in [0.15, 0.2) is 36.8 Å². The Morgan fingerprint density at radius 3 is 2.81 bits per heavy atom. The Kier molecular flexibility index (Phi) is 4.72. The zero-order chi connectivity index (χ0) is 21.5. The van der Waals surface area contributed by atoms with Crippen LogP contribution in [0.2, 0.25) is 0 Å². The number of aromatic amines is 1. The van der Waals surface area contributed by atoms with E-state index in [1.807, 2.05) is 0 Å². The van der Waals surface area contributed by atoms with Crippen LogP contribution in [0.25, 0.3) is 33.4 Å². The van der Waals surface area contributed by atoms with E-state index in [1.54, 1.807) is 12.1 Å². The molecule has 0 spiro atoms. The van der Waals surface area contributed by atoms with Crippen molar-refractivity contribution >= 4 is 11.0 Å². The fraction of sp³-hybridized carbons (Fsp3) is 0.250. The number of rotatable bonds is 5. The summed E-state index contributed by atoms with van der Waals surface area (Å²) in [5.74, 6) is 0.00351. The van der Waals surface area contributed by atoms with Gasteiger partial charge in [-0.3, -0.25) is 4.98 Å². The van der Waals surface area contributed by atoms with Gasteiger partial charge in [-0.15, -0.1) is 0 Å². The van der Waals surface area contributed by atoms with E-state index in [9.17, 15) is 17.6 Å². The standard InChI is InChI=1S/C20H15F4N5O2/c21-17(22)16-14(19-29(28-16)7-2-8-30-19)15-13(11-3-1-5-26-18(11)27-15)10-4-6-25-9-12(10)31-20(23)24/h1,3-6,9,17,20H,2,7-8H2,(H,26,27). The zero-order valence-electron chi connectivity index (χ0n) is 15.9. The van der Waals surface area contributed by atoms with Crippen LogP contribution in [0.1, 0.15) is 18.5 Å². The van der Waals surface area contributed by atoms with E-state index in [2.05, 4.69) is 24.8 Å². The van der Waals surface area contributed by atoms with Gasteiger partial charge in [-0.25, -0.2) is 18.4 Å². The maximum Gasteiger partial charge on any atom is 0.387 e. The summed E-state index contributed by atoms with van der Waals surface area (Å²) in [6.45, 7) is -2.30. The van der Waals surface area contributed by atoms with Crippen molar-refractivity contribution in [2.24, 2.45) is 0 Å². The highest BCUT2D eigenvalue weighted by molar-refractivity contribution is 6.04. The van der Waals surface area contributed by atoms with Crippen LogP contribution >= 0.6 is 0 Å². The lowest BCUT2D eigenvalue weighted by atomic mass is 9.99. The quantitative estimate of drug-likeness (QED) is 0.457. The molecule has 0 aliphatic carbocycles. The summed E-state index contributed by atoms with van der Waals surface area (Å²) in [5, 5.41) is 4.58. The highest BCUT2D eigenvalue weighted by atomic mass is 19.3. The summed E-state index contributed by atoms with van der Waals surface area (Å²) < 4.78 is 65.7. The molecule has 0 aromatic carbocycles. The van der Waals surface area contributed by atoms with Crippen LogP contribution in [-0.2, 0) is 6.54 Å². The van der Waals surface area contributed by atoms with Gasteiger partial charge in [-0.2, -0.15) is 13.9 Å². The number of nitrogens with one attached hydrogen (secondary N) is 1. The van der Waals surface area contributed by atoms with Crippen molar-refractivity contribution in [3.8, 4) is 34.0 Å². The van der Waals surface area contributed by atoms with Crippen LogP contribution in [0.5, 0.6) is 11.6 Å². The number of aromatic nitrogens is 5. The fourth-order valence-electron chi connectivity index (χ4n) is 3.80. The molecule has 0 bridgehead atoms. The van der Waals surface area contributed by atoms with Crippen molar-refractivity contribution in [3.63, 3.8) is 0 Å². The molecule has 7 nitrogen and oxygen atoms in total. The van der Waals surface area contributed by atoms with Crippen LogP contribution in [-0.4, -0.2) is 38.0 Å². The van der Waals surface area contributed by atoms with Gasteiger partial charge in [0.05, 0.1) is 24.1 Å². The molecule has 4 aromatic rings. The Morgan fingerprint density at radius 1 is 1.13 bits per heavy atom. The maximum absolute atomic E-state index is 13.9. The summed E-state index contributed by atoms with van der Waals surface area (Å²) >= 11 is 0. The summed E-state index contributed by atoms with van der Waals surface area (Å²) in [6, 6.07) is 4.86. The number of ether oxygens (including phenoxy) is 2. The number of hydrogen-bond acceptors (Lipinski definition) is 5. The van der Waals surface area contributed by atoms with Gasteiger partial charge in [0.15, 0.2) is 5.75 Å². The van der Waals surface area contributed by atoms with Crippen molar-refractivity contribution in [2.45, 2.75) is 26.0 Å². The number of fused-ring (bicyclic) bond motifs is 2. The van der Waals surface area contributed by atoms with Crippen LogP contribution in [0.4, 0.5) is 17.6 Å². The molecule has 0 saturated heterocycles. The third-order valence-electron chi connectivity index (χ3n) is 4.98. The first-order valence-corrected chi connectivity index (χ1v) is 9.42. The number of hydrogen-bond donors (Lipinski definition) is 1. The van der Waals surface area contributed by atoms with Gasteiger partial charge in [0.25, 0.3) is 6.43 Å². The van der Waals surface area contributed by atoms with Crippen molar-refractivity contribution in [1.82, 2.24) is 24.7 Å². The minimum Gasteiger partial charge on any atom is -0.477 e. The first kappa shape index (κ1) is 19.3. The molecular formula is C20H15F4N5O2. The van der Waals surface area contributed by atoms with E-state index >= 15 is 0 Å². The summed E-state index contributed by atoms with van der Waals surface area (Å²) in [4.78, 5) is 11.2. The summed E-state index contributed by atoms with van der Waals surface area (Å²) in [7, 11) is 0. The molecule has 0 saturated carbocycles. The lowest BCUT2D eigenvalue weighted by Gasteiger charge is -2.16. The molecule has 4 aromatic heterocycles. The SMILES string of the molecule is FC(F)Oc1cnccc1-c1c(-c2c(C(F)F)nn3c2OCCC3)[nH]c2ncccc12. The highest BCUT2D eigenvalue weighted by Gasteiger charge is 2.32. The van der Waals surface area contributed by atoms with Gasteiger partial charge < -0.3 is 14.5 Å². The Morgan fingerprint density at radius 2 is 2.00 bits per heavy atom. The Hall–Kier alpha value is -3.63. The van der Waals surface area contributed by atoms with E-state index < -0.39 is 18.7 Å². The minimum absolute atomic E-state index is 0.0718. The topological polar surface area (TPSA) is 77.9 Å². The Balaban J connectivity index is 1.84. The maximum atomic E-state index is 13.9. The average Bonchev–Trinajstić information content (AvgIpc) is 3.32. The van der Waals surface area contributed by atoms with E-state index in [0.717, 1.165) is 6.20 Å². The predicted molar refractivity (Wildman–Crippen MR) is 102 cm³/mol. The number of pyridine rings is 2. The summed E-state index contributed by atoms with van der Waals surface area (Å²) in [5.41, 5.74) is 0.854. The fourth-order valence-corrected chi connectivity index (χ4v) is 3.80. The molecule has 31 heavy (non-hydrogen) atoms. The molecule has 0 atom stereocenters. The van der Waals surface area contributed by atoms with E-state index in [0.29, 0.717) is 36.2 Å². The second-order valence-electron chi connectivity index (χ2n) is 6.82. The van der Waals surface area contributed by atoms with Gasteiger partial charge in [0.1, 0.15) is 11.3 Å². The van der Waals surface area contributed by atoms with Gasteiger partial charge in [0, 0.05) is 41.9 Å². The number of H-pyrrole nitrogens is 1. The number of nitrogens with zero attached hydrogens (tertiary/aromatic N) is 4. The van der Waals surface area contributed by atoms with Gasteiger partial charge >= 0.3 is 6.61 Å². The van der Waals surface area contributed by atoms with Crippen LogP contribution < -0.4 is 9.47 Å². The van der Waals surface area contributed by atoms with E-state index in [-0.39, 0.29) is 28.5 Å². The monoisotopic (exact) mass is 433 g/mol. The second-order valence-corrected chi connectivity index (χ2v) is 6.82. The predicted octanol–water partition coefficient (Wildman–Crippen LogP) is 4.81. The molecular weight excluding hydrogens is 418 g/mol. The first-order valence-electron chi connectivity index (χ1n) is 9.42. The van der Waals surface area contributed by atoms with Gasteiger partial charge in [0.2, 0.25) is 5.88 Å². The molecule has 160 valence electrons. The highest BCUT2D eigenvalue weighted by Crippen LogP contribution is 2.47. The first-order chi connectivity index (χ1) is 15.0. The molecule has 1 aliphatic heterocycles. The largest absolute Gasteiger partial charge is 0.477 e. The molecule has 0 radical (unpaired) electrons. The summed E-state index contributed by atoms with van der Waals surface area (Å²) in [6.07, 6.45) is 1.85. The molecule has 0 fully saturated rings. The molecule has 11 heteroatoms. The normalized spacial score (nSPS) is 13.6. The minimum atomic E-state index is -3.08. The third kappa shape index (κ3) is 3.25. The van der Waals surface area contributed by atoms with Crippen LogP contribution in [0.3, 0.4) is 0 Å². The lowest BCUT2D eigenvalue weighted by Crippen LogP contribution is -2.15. The van der Waals surface area contributed by atoms with E-state index in [4.69, 9.17) is 4.74 Å². The Labute approximate surface area is 172 Å². The zero-order valence-corrected chi connectivity index (χ0v) is 15.9. The lowest BCUT2D eigenvalue weighted by molar-refractivity contribution is -0.0496. The van der Waals surface area contributed by atoms with Crippen molar-refractivity contribution in [1.29, 1.82) is 0 Å². The molecule has 5 heterocycles. The number of halogens is 4. The molecule has 1 aliphatic rings. The van der Waals surface area contributed by atoms with Gasteiger partial charge in [-0.05, 0) is 18.2 Å². The number of aryl methyl sites for hydroxylation is 1. The third-order valence-corrected chi connectivity index (χ3v) is 4.98. The van der Waals surface area contributed by atoms with Crippen molar-refractivity contribution < 1.29 is 27.0 Å². The molecule has 0 unspecified atom stereocenters. The second kappa shape index (κ2) is 7.56. The van der Waals surface area contributed by atoms with Gasteiger partial charge in [-0.1, -0.05) is 0 Å². The smallest absolute Gasteiger partial charge is 0.387 e. The average molecular weight is 433 g/mol. The van der Waals surface area contributed by atoms with Crippen molar-refractivity contribution in [2.75, 3.05) is 6.61 Å².